The van der Waals surface area contributed by atoms with Crippen molar-refractivity contribution in [3.63, 3.8) is 0 Å². The molecule has 0 aromatic rings. The van der Waals surface area contributed by atoms with Gasteiger partial charge in [0.25, 0.3) is 0 Å². The fourth-order valence-electron chi connectivity index (χ4n) is 0.905. The molecule has 0 spiro atoms. The molecule has 0 fully saturated rings. The molecule has 3 nitrogen and oxygen atoms in total. The third-order valence-electron chi connectivity index (χ3n) is 1.52. The van der Waals surface area contributed by atoms with Crippen LogP contribution in [0, 0.1) is 11.3 Å². The summed E-state index contributed by atoms with van der Waals surface area (Å²) in [6, 6.07) is 0. The van der Waals surface area contributed by atoms with Crippen molar-refractivity contribution >= 4 is 5.96 Å². The minimum absolute atomic E-state index is 0.0259. The van der Waals surface area contributed by atoms with Crippen LogP contribution < -0.4 is 10.6 Å². The average molecular weight is 185 g/mol. The van der Waals surface area contributed by atoms with Gasteiger partial charge in [-0.1, -0.05) is 13.8 Å². The fraction of sp³-hybridized carbons (Fsp3) is 0.900. The zero-order valence-electron chi connectivity index (χ0n) is 9.49. The molecule has 78 valence electrons. The number of hydrogen-bond donors (Lipinski definition) is 3. The van der Waals surface area contributed by atoms with Crippen LogP contribution in [0.1, 0.15) is 41.0 Å². The summed E-state index contributed by atoms with van der Waals surface area (Å²) in [5, 5.41) is 13.7. The molecule has 0 aliphatic rings. The Hall–Kier alpha value is -0.730. The molecule has 0 saturated carbocycles. The van der Waals surface area contributed by atoms with Crippen LogP contribution in [0.3, 0.4) is 0 Å². The number of guanidine groups is 1. The van der Waals surface area contributed by atoms with E-state index in [-0.39, 0.29) is 5.54 Å². The minimum Gasteiger partial charge on any atom is -0.357 e. The van der Waals surface area contributed by atoms with Gasteiger partial charge in [0, 0.05) is 12.1 Å². The van der Waals surface area contributed by atoms with Crippen LogP contribution in [0.2, 0.25) is 0 Å². The van der Waals surface area contributed by atoms with Gasteiger partial charge in [0.15, 0.2) is 5.96 Å². The van der Waals surface area contributed by atoms with Crippen molar-refractivity contribution in [1.29, 1.82) is 5.41 Å². The molecule has 0 atom stereocenters. The van der Waals surface area contributed by atoms with Gasteiger partial charge in [-0.15, -0.1) is 0 Å². The lowest BCUT2D eigenvalue weighted by molar-refractivity contribution is 0.495. The second-order valence-corrected chi connectivity index (χ2v) is 4.86. The smallest absolute Gasteiger partial charge is 0.188 e. The molecule has 0 aliphatic heterocycles. The quantitative estimate of drug-likeness (QED) is 0.465. The third-order valence-corrected chi connectivity index (χ3v) is 1.52. The van der Waals surface area contributed by atoms with E-state index < -0.39 is 0 Å². The van der Waals surface area contributed by atoms with E-state index in [1.807, 2.05) is 20.8 Å². The maximum atomic E-state index is 7.57. The van der Waals surface area contributed by atoms with Gasteiger partial charge in [-0.3, -0.25) is 5.41 Å². The second-order valence-electron chi connectivity index (χ2n) is 4.86. The summed E-state index contributed by atoms with van der Waals surface area (Å²) in [6.45, 7) is 11.4. The number of nitrogens with one attached hydrogen (secondary N) is 3. The Kier molecular flexibility index (Phi) is 4.81. The predicted molar refractivity (Wildman–Crippen MR) is 58.1 cm³/mol. The Morgan fingerprint density at radius 2 is 1.85 bits per heavy atom. The van der Waals surface area contributed by atoms with E-state index >= 15 is 0 Å². The Bertz CT molecular complexity index is 156. The molecule has 13 heavy (non-hydrogen) atoms. The Morgan fingerprint density at radius 1 is 1.31 bits per heavy atom. The van der Waals surface area contributed by atoms with Crippen molar-refractivity contribution in [3.05, 3.63) is 0 Å². The first-order chi connectivity index (χ1) is 5.81. The normalized spacial score (nSPS) is 11.5. The molecule has 0 unspecified atom stereocenters. The highest BCUT2D eigenvalue weighted by Gasteiger charge is 2.10. The van der Waals surface area contributed by atoms with Crippen LogP contribution in [0.25, 0.3) is 0 Å². The van der Waals surface area contributed by atoms with Crippen LogP contribution in [-0.2, 0) is 0 Å². The van der Waals surface area contributed by atoms with Crippen LogP contribution in [0.5, 0.6) is 0 Å². The maximum absolute atomic E-state index is 7.57. The lowest BCUT2D eigenvalue weighted by Crippen LogP contribution is -2.47. The second kappa shape index (κ2) is 5.10. The molecule has 0 saturated heterocycles. The van der Waals surface area contributed by atoms with E-state index in [9.17, 15) is 0 Å². The first kappa shape index (κ1) is 12.3. The zero-order valence-corrected chi connectivity index (χ0v) is 9.49. The van der Waals surface area contributed by atoms with Gasteiger partial charge < -0.3 is 10.6 Å². The highest BCUT2D eigenvalue weighted by molar-refractivity contribution is 5.77. The van der Waals surface area contributed by atoms with Gasteiger partial charge >= 0.3 is 0 Å². The van der Waals surface area contributed by atoms with E-state index in [4.69, 9.17) is 5.41 Å². The molecular weight excluding hydrogens is 162 g/mol. The highest BCUT2D eigenvalue weighted by atomic mass is 15.2. The van der Waals surface area contributed by atoms with Gasteiger partial charge in [-0.2, -0.15) is 0 Å². The largest absolute Gasteiger partial charge is 0.357 e. The van der Waals surface area contributed by atoms with Gasteiger partial charge in [-0.05, 0) is 33.1 Å². The molecule has 0 amide bonds. The minimum atomic E-state index is -0.0259. The highest BCUT2D eigenvalue weighted by Crippen LogP contribution is 1.98. The van der Waals surface area contributed by atoms with Crippen molar-refractivity contribution in [2.75, 3.05) is 6.54 Å². The molecule has 0 aromatic heterocycles. The third kappa shape index (κ3) is 9.18. The number of rotatable bonds is 3. The molecule has 0 aromatic carbocycles. The SMILES string of the molecule is CC(C)CCNC(=N)NC(C)(C)C. The van der Waals surface area contributed by atoms with Gasteiger partial charge in [-0.25, -0.2) is 0 Å². The lowest BCUT2D eigenvalue weighted by Gasteiger charge is -2.23. The molecule has 0 bridgehead atoms. The first-order valence-electron chi connectivity index (χ1n) is 4.92. The summed E-state index contributed by atoms with van der Waals surface area (Å²) in [5.41, 5.74) is -0.0259. The molecule has 0 rings (SSSR count). The van der Waals surface area contributed by atoms with Crippen LogP contribution in [-0.4, -0.2) is 18.0 Å². The first-order valence-corrected chi connectivity index (χ1v) is 4.92. The average Bonchev–Trinajstić information content (AvgIpc) is 1.81. The zero-order chi connectivity index (χ0) is 10.5. The van der Waals surface area contributed by atoms with Gasteiger partial charge in [0.05, 0.1) is 0 Å². The monoisotopic (exact) mass is 185 g/mol. The van der Waals surface area contributed by atoms with Crippen LogP contribution >= 0.6 is 0 Å². The van der Waals surface area contributed by atoms with Crippen molar-refractivity contribution in [2.45, 2.75) is 46.6 Å². The van der Waals surface area contributed by atoms with E-state index in [1.165, 1.54) is 0 Å². The summed E-state index contributed by atoms with van der Waals surface area (Å²) in [7, 11) is 0. The standard InChI is InChI=1S/C10H23N3/c1-8(2)6-7-12-9(11)13-10(3,4)5/h8H,6-7H2,1-5H3,(H3,11,12,13). The van der Waals surface area contributed by atoms with E-state index in [0.717, 1.165) is 13.0 Å². The van der Waals surface area contributed by atoms with Crippen LogP contribution in [0.4, 0.5) is 0 Å². The predicted octanol–water partition coefficient (Wildman–Crippen LogP) is 1.94. The molecule has 0 heterocycles. The van der Waals surface area contributed by atoms with Crippen molar-refractivity contribution in [3.8, 4) is 0 Å². The number of hydrogen-bond acceptors (Lipinski definition) is 1. The fourth-order valence-corrected chi connectivity index (χ4v) is 0.905. The van der Waals surface area contributed by atoms with E-state index in [0.29, 0.717) is 11.9 Å². The molecule has 3 N–H and O–H groups in total. The summed E-state index contributed by atoms with van der Waals surface area (Å²) in [5.74, 6) is 1.11. The van der Waals surface area contributed by atoms with E-state index in [2.05, 4.69) is 24.5 Å². The Morgan fingerprint density at radius 3 is 2.23 bits per heavy atom. The molecule has 0 radical (unpaired) electrons. The van der Waals surface area contributed by atoms with Crippen LogP contribution in [0.15, 0.2) is 0 Å². The summed E-state index contributed by atoms with van der Waals surface area (Å²) in [6.07, 6.45) is 1.11. The summed E-state index contributed by atoms with van der Waals surface area (Å²) < 4.78 is 0. The summed E-state index contributed by atoms with van der Waals surface area (Å²) in [4.78, 5) is 0. The van der Waals surface area contributed by atoms with Gasteiger partial charge in [0.2, 0.25) is 0 Å². The van der Waals surface area contributed by atoms with Crippen molar-refractivity contribution < 1.29 is 0 Å². The lowest BCUT2D eigenvalue weighted by atomic mass is 10.1. The van der Waals surface area contributed by atoms with Gasteiger partial charge in [0.1, 0.15) is 0 Å². The Balaban J connectivity index is 3.53. The molecular formula is C10H23N3. The van der Waals surface area contributed by atoms with Crippen molar-refractivity contribution in [1.82, 2.24) is 10.6 Å². The van der Waals surface area contributed by atoms with E-state index in [1.54, 1.807) is 0 Å². The van der Waals surface area contributed by atoms with Crippen molar-refractivity contribution in [2.24, 2.45) is 5.92 Å². The summed E-state index contributed by atoms with van der Waals surface area (Å²) >= 11 is 0. The maximum Gasteiger partial charge on any atom is 0.188 e. The topological polar surface area (TPSA) is 47.9 Å². The Labute approximate surface area is 81.8 Å². The molecule has 0 aliphatic carbocycles. The molecule has 3 heteroatoms.